The van der Waals surface area contributed by atoms with Crippen LogP contribution in [-0.4, -0.2) is 37.3 Å². The number of hydrogen-bond donors (Lipinski definition) is 3. The van der Waals surface area contributed by atoms with E-state index >= 15 is 0 Å². The molecular formula is C11H15N5O2S. The largest absolute Gasteiger partial charge is 0.394 e. The topological polar surface area (TPSA) is 99.1 Å². The van der Waals surface area contributed by atoms with Gasteiger partial charge in [0, 0.05) is 0 Å². The van der Waals surface area contributed by atoms with E-state index in [-0.39, 0.29) is 18.9 Å². The summed E-state index contributed by atoms with van der Waals surface area (Å²) in [5, 5.41) is 9.12. The van der Waals surface area contributed by atoms with Crippen LogP contribution in [0.2, 0.25) is 0 Å². The van der Waals surface area contributed by atoms with Gasteiger partial charge < -0.3 is 15.6 Å². The van der Waals surface area contributed by atoms with Gasteiger partial charge in [0.15, 0.2) is 11.5 Å². The third kappa shape index (κ3) is 2.15. The van der Waals surface area contributed by atoms with E-state index in [2.05, 4.69) is 27.6 Å². The molecule has 2 atom stereocenters. The van der Waals surface area contributed by atoms with E-state index in [9.17, 15) is 0 Å². The van der Waals surface area contributed by atoms with Crippen molar-refractivity contribution >= 4 is 29.6 Å². The SMILES string of the molecule is Nc1nc(CS)nc2c1ncn2[C@H]1CC[C@@H](CO)O1. The van der Waals surface area contributed by atoms with Crippen molar-refractivity contribution in [3.63, 3.8) is 0 Å². The Hall–Kier alpha value is -1.38. The average molecular weight is 281 g/mol. The lowest BCUT2D eigenvalue weighted by molar-refractivity contribution is -0.0207. The van der Waals surface area contributed by atoms with E-state index in [0.29, 0.717) is 28.6 Å². The van der Waals surface area contributed by atoms with Crippen LogP contribution in [0, 0.1) is 0 Å². The average Bonchev–Trinajstić information content (AvgIpc) is 3.04. The highest BCUT2D eigenvalue weighted by Gasteiger charge is 2.27. The Morgan fingerprint density at radius 2 is 2.32 bits per heavy atom. The lowest BCUT2D eigenvalue weighted by Crippen LogP contribution is -2.14. The number of fused-ring (bicyclic) bond motifs is 1. The zero-order valence-corrected chi connectivity index (χ0v) is 11.1. The first-order valence-corrected chi connectivity index (χ1v) is 6.72. The molecule has 102 valence electrons. The summed E-state index contributed by atoms with van der Waals surface area (Å²) in [7, 11) is 0. The van der Waals surface area contributed by atoms with Gasteiger partial charge in [-0.05, 0) is 12.8 Å². The van der Waals surface area contributed by atoms with Crippen LogP contribution in [0.1, 0.15) is 24.9 Å². The van der Waals surface area contributed by atoms with Crippen molar-refractivity contribution in [3.05, 3.63) is 12.2 Å². The standard InChI is InChI=1S/C11H15N5O2S/c12-10-9-11(15-7(4-19)14-10)16(5-13-9)8-2-1-6(3-17)18-8/h5-6,8,17,19H,1-4H2,(H2,12,14,15)/t6-,8+/m0/s1. The van der Waals surface area contributed by atoms with Crippen LogP contribution in [0.25, 0.3) is 11.2 Å². The van der Waals surface area contributed by atoms with Gasteiger partial charge in [0.25, 0.3) is 0 Å². The molecule has 0 unspecified atom stereocenters. The fourth-order valence-electron chi connectivity index (χ4n) is 2.29. The Bertz CT molecular complexity index is 602. The summed E-state index contributed by atoms with van der Waals surface area (Å²) in [5.74, 6) is 1.33. The van der Waals surface area contributed by atoms with Crippen molar-refractivity contribution in [1.29, 1.82) is 0 Å². The molecule has 1 aliphatic heterocycles. The number of rotatable bonds is 3. The Balaban J connectivity index is 2.02. The number of aromatic nitrogens is 4. The Morgan fingerprint density at radius 3 is 3.00 bits per heavy atom. The first-order valence-electron chi connectivity index (χ1n) is 6.09. The first kappa shape index (κ1) is 12.6. The van der Waals surface area contributed by atoms with Crippen molar-refractivity contribution in [3.8, 4) is 0 Å². The molecule has 1 saturated heterocycles. The molecule has 3 N–H and O–H groups in total. The third-order valence-corrected chi connectivity index (χ3v) is 3.52. The second kappa shape index (κ2) is 4.95. The van der Waals surface area contributed by atoms with Crippen LogP contribution in [0.3, 0.4) is 0 Å². The molecule has 0 aliphatic carbocycles. The van der Waals surface area contributed by atoms with Gasteiger partial charge in [-0.3, -0.25) is 4.57 Å². The van der Waals surface area contributed by atoms with Crippen LogP contribution in [0.5, 0.6) is 0 Å². The molecule has 2 aromatic rings. The summed E-state index contributed by atoms with van der Waals surface area (Å²) in [5.41, 5.74) is 7.08. The maximum Gasteiger partial charge on any atom is 0.167 e. The molecule has 7 nitrogen and oxygen atoms in total. The summed E-state index contributed by atoms with van der Waals surface area (Å²) in [6.07, 6.45) is 3.01. The number of imidazole rings is 1. The van der Waals surface area contributed by atoms with Gasteiger partial charge in [0.05, 0.1) is 24.8 Å². The minimum absolute atomic E-state index is 0.0299. The second-order valence-corrected chi connectivity index (χ2v) is 4.80. The van der Waals surface area contributed by atoms with E-state index in [4.69, 9.17) is 15.6 Å². The molecule has 1 fully saturated rings. The molecule has 2 aromatic heterocycles. The second-order valence-electron chi connectivity index (χ2n) is 4.48. The summed E-state index contributed by atoms with van der Waals surface area (Å²) < 4.78 is 7.57. The quantitative estimate of drug-likeness (QED) is 0.709. The molecule has 19 heavy (non-hydrogen) atoms. The number of hydrogen-bond acceptors (Lipinski definition) is 7. The first-order chi connectivity index (χ1) is 9.22. The molecular weight excluding hydrogens is 266 g/mol. The van der Waals surface area contributed by atoms with Crippen LogP contribution in [-0.2, 0) is 10.5 Å². The van der Waals surface area contributed by atoms with E-state index in [0.717, 1.165) is 12.8 Å². The smallest absolute Gasteiger partial charge is 0.167 e. The van der Waals surface area contributed by atoms with E-state index in [1.54, 1.807) is 6.33 Å². The van der Waals surface area contributed by atoms with Gasteiger partial charge in [0.1, 0.15) is 17.6 Å². The van der Waals surface area contributed by atoms with Gasteiger partial charge in [-0.25, -0.2) is 15.0 Å². The van der Waals surface area contributed by atoms with Crippen LogP contribution >= 0.6 is 12.6 Å². The minimum Gasteiger partial charge on any atom is -0.394 e. The molecule has 3 rings (SSSR count). The fraction of sp³-hybridized carbons (Fsp3) is 0.545. The number of anilines is 1. The Morgan fingerprint density at radius 1 is 1.47 bits per heavy atom. The summed E-state index contributed by atoms with van der Waals surface area (Å²) >= 11 is 4.16. The number of ether oxygens (including phenoxy) is 1. The lowest BCUT2D eigenvalue weighted by Gasteiger charge is -2.14. The normalized spacial score (nSPS) is 23.3. The minimum atomic E-state index is -0.163. The maximum atomic E-state index is 9.12. The highest BCUT2D eigenvalue weighted by atomic mass is 32.1. The number of aliphatic hydroxyl groups excluding tert-OH is 1. The number of nitrogens with zero attached hydrogens (tertiary/aromatic N) is 4. The van der Waals surface area contributed by atoms with E-state index < -0.39 is 0 Å². The number of thiol groups is 1. The molecule has 0 bridgehead atoms. The number of nitrogen functional groups attached to an aromatic ring is 1. The monoisotopic (exact) mass is 281 g/mol. The van der Waals surface area contributed by atoms with Crippen molar-refractivity contribution in [2.24, 2.45) is 0 Å². The molecule has 0 spiro atoms. The highest BCUT2D eigenvalue weighted by Crippen LogP contribution is 2.30. The van der Waals surface area contributed by atoms with Crippen molar-refractivity contribution < 1.29 is 9.84 Å². The van der Waals surface area contributed by atoms with Crippen LogP contribution in [0.15, 0.2) is 6.33 Å². The zero-order chi connectivity index (χ0) is 13.4. The van der Waals surface area contributed by atoms with Crippen molar-refractivity contribution in [2.45, 2.75) is 30.9 Å². The molecule has 3 heterocycles. The van der Waals surface area contributed by atoms with Gasteiger partial charge in [-0.1, -0.05) is 0 Å². The van der Waals surface area contributed by atoms with E-state index in [1.165, 1.54) is 0 Å². The molecule has 1 aliphatic rings. The molecule has 0 radical (unpaired) electrons. The lowest BCUT2D eigenvalue weighted by atomic mass is 10.2. The predicted octanol–water partition coefficient (Wildman–Crippen LogP) is 0.508. The van der Waals surface area contributed by atoms with Gasteiger partial charge in [0.2, 0.25) is 0 Å². The maximum absolute atomic E-state index is 9.12. The Labute approximate surface area is 115 Å². The van der Waals surface area contributed by atoms with Crippen molar-refractivity contribution in [1.82, 2.24) is 19.5 Å². The fourth-order valence-corrected chi connectivity index (χ4v) is 2.43. The predicted molar refractivity (Wildman–Crippen MR) is 72.7 cm³/mol. The summed E-state index contributed by atoms with van der Waals surface area (Å²) in [6.45, 7) is 0.0299. The summed E-state index contributed by atoms with van der Waals surface area (Å²) in [6, 6.07) is 0. The molecule has 0 saturated carbocycles. The molecule has 0 amide bonds. The van der Waals surface area contributed by atoms with Crippen LogP contribution in [0.4, 0.5) is 5.82 Å². The molecule has 8 heteroatoms. The Kier molecular flexibility index (Phi) is 3.29. The van der Waals surface area contributed by atoms with Gasteiger partial charge >= 0.3 is 0 Å². The summed E-state index contributed by atoms with van der Waals surface area (Å²) in [4.78, 5) is 12.8. The van der Waals surface area contributed by atoms with Crippen LogP contribution < -0.4 is 5.73 Å². The van der Waals surface area contributed by atoms with E-state index in [1.807, 2.05) is 4.57 Å². The molecule has 0 aromatic carbocycles. The third-order valence-electron chi connectivity index (χ3n) is 3.24. The van der Waals surface area contributed by atoms with Gasteiger partial charge in [-0.2, -0.15) is 12.6 Å². The zero-order valence-electron chi connectivity index (χ0n) is 10.2. The highest BCUT2D eigenvalue weighted by molar-refractivity contribution is 7.79. The number of aliphatic hydroxyl groups is 1. The van der Waals surface area contributed by atoms with Gasteiger partial charge in [-0.15, -0.1) is 0 Å². The van der Waals surface area contributed by atoms with Crippen molar-refractivity contribution in [2.75, 3.05) is 12.3 Å². The number of nitrogens with two attached hydrogens (primary N) is 1.